The fourth-order valence-corrected chi connectivity index (χ4v) is 4.09. The van der Waals surface area contributed by atoms with Gasteiger partial charge in [-0.15, -0.1) is 0 Å². The fourth-order valence-electron chi connectivity index (χ4n) is 3.94. The minimum atomic E-state index is -0.457. The SMILES string of the molecule is CC1=C(Oc2nc3c(c(=O)n(CCCON)c(=O)n3C)n2CC2=NC=C(Cl)CC2)CCC=C1. The first-order valence-electron chi connectivity index (χ1n) is 10.9. The van der Waals surface area contributed by atoms with E-state index in [1.54, 1.807) is 17.8 Å². The molecule has 0 radical (unpaired) electrons. The molecule has 0 saturated heterocycles. The Morgan fingerprint density at radius 2 is 2.03 bits per heavy atom. The average Bonchev–Trinajstić information content (AvgIpc) is 3.16. The smallest absolute Gasteiger partial charge is 0.332 e. The molecule has 0 saturated carbocycles. The molecule has 0 unspecified atom stereocenters. The molecule has 3 heterocycles. The highest BCUT2D eigenvalue weighted by molar-refractivity contribution is 6.29. The summed E-state index contributed by atoms with van der Waals surface area (Å²) in [4.78, 5) is 39.9. The topological polar surface area (TPSA) is 119 Å². The third kappa shape index (κ3) is 4.73. The van der Waals surface area contributed by atoms with E-state index in [-0.39, 0.29) is 30.3 Å². The zero-order valence-corrected chi connectivity index (χ0v) is 19.5. The molecule has 0 fully saturated rings. The lowest BCUT2D eigenvalue weighted by atomic mass is 10.1. The number of fused-ring (bicyclic) bond motifs is 1. The third-order valence-corrected chi connectivity index (χ3v) is 6.07. The number of nitrogens with two attached hydrogens (primary N) is 1. The predicted molar refractivity (Wildman–Crippen MR) is 126 cm³/mol. The molecule has 4 rings (SSSR count). The highest BCUT2D eigenvalue weighted by atomic mass is 35.5. The van der Waals surface area contributed by atoms with Crippen molar-refractivity contribution >= 4 is 28.5 Å². The molecule has 2 aromatic rings. The molecule has 176 valence electrons. The van der Waals surface area contributed by atoms with Gasteiger partial charge in [0, 0.05) is 37.0 Å². The molecule has 0 spiro atoms. The van der Waals surface area contributed by atoms with Gasteiger partial charge in [0.1, 0.15) is 5.76 Å². The number of aliphatic imine (C=N–C) groups is 1. The Bertz CT molecular complexity index is 1310. The summed E-state index contributed by atoms with van der Waals surface area (Å²) in [6.45, 7) is 2.67. The van der Waals surface area contributed by atoms with Crippen LogP contribution >= 0.6 is 11.6 Å². The van der Waals surface area contributed by atoms with Gasteiger partial charge in [-0.25, -0.2) is 10.7 Å². The van der Waals surface area contributed by atoms with Crippen molar-refractivity contribution in [2.24, 2.45) is 17.9 Å². The number of hydrogen-bond donors (Lipinski definition) is 1. The molecule has 11 heteroatoms. The summed E-state index contributed by atoms with van der Waals surface area (Å²) in [5.74, 6) is 5.88. The second kappa shape index (κ2) is 9.90. The first-order valence-corrected chi connectivity index (χ1v) is 11.2. The van der Waals surface area contributed by atoms with E-state index in [2.05, 4.69) is 20.9 Å². The van der Waals surface area contributed by atoms with E-state index in [1.165, 1.54) is 9.13 Å². The minimum Gasteiger partial charge on any atom is -0.430 e. The van der Waals surface area contributed by atoms with Crippen molar-refractivity contribution in [2.45, 2.75) is 52.1 Å². The largest absolute Gasteiger partial charge is 0.430 e. The van der Waals surface area contributed by atoms with E-state index < -0.39 is 11.2 Å². The standard InChI is InChI=1S/C22H27ClN6O4/c1-14-6-3-4-7-17(14)33-21-26-19-18(29(21)13-16-9-8-15(23)12-25-16)20(30)28(10-5-11-32-24)22(31)27(19)2/h3,6,12H,4-5,7-11,13,24H2,1-2H3. The van der Waals surface area contributed by atoms with Crippen LogP contribution in [0.1, 0.15) is 39.0 Å². The highest BCUT2D eigenvalue weighted by Gasteiger charge is 2.24. The number of rotatable bonds is 8. The zero-order valence-electron chi connectivity index (χ0n) is 18.7. The van der Waals surface area contributed by atoms with Crippen molar-refractivity contribution < 1.29 is 9.57 Å². The lowest BCUT2D eigenvalue weighted by molar-refractivity contribution is 0.131. The van der Waals surface area contributed by atoms with Crippen LogP contribution in [0.15, 0.2) is 49.3 Å². The summed E-state index contributed by atoms with van der Waals surface area (Å²) >= 11 is 6.07. The lowest BCUT2D eigenvalue weighted by Crippen LogP contribution is -2.40. The molecule has 2 N–H and O–H groups in total. The van der Waals surface area contributed by atoms with Gasteiger partial charge in [-0.1, -0.05) is 23.8 Å². The predicted octanol–water partition coefficient (Wildman–Crippen LogP) is 2.49. The normalized spacial score (nSPS) is 16.4. The van der Waals surface area contributed by atoms with Gasteiger partial charge in [-0.05, 0) is 38.2 Å². The van der Waals surface area contributed by atoms with Crippen LogP contribution in [-0.2, 0) is 25.0 Å². The second-order valence-corrected chi connectivity index (χ2v) is 8.58. The van der Waals surface area contributed by atoms with Gasteiger partial charge in [0.25, 0.3) is 5.56 Å². The van der Waals surface area contributed by atoms with Crippen LogP contribution in [-0.4, -0.2) is 31.0 Å². The van der Waals surface area contributed by atoms with Crippen molar-refractivity contribution in [1.82, 2.24) is 18.7 Å². The Morgan fingerprint density at radius 3 is 2.73 bits per heavy atom. The van der Waals surface area contributed by atoms with Gasteiger partial charge in [-0.2, -0.15) is 4.98 Å². The van der Waals surface area contributed by atoms with E-state index in [0.29, 0.717) is 30.8 Å². The molecular weight excluding hydrogens is 448 g/mol. The van der Waals surface area contributed by atoms with Crippen LogP contribution in [0.25, 0.3) is 11.2 Å². The van der Waals surface area contributed by atoms with Gasteiger partial charge in [-0.3, -0.25) is 23.5 Å². The van der Waals surface area contributed by atoms with Crippen molar-refractivity contribution in [3.8, 4) is 6.01 Å². The van der Waals surface area contributed by atoms with Crippen LogP contribution < -0.4 is 21.9 Å². The summed E-state index contributed by atoms with van der Waals surface area (Å²) < 4.78 is 10.5. The van der Waals surface area contributed by atoms with E-state index in [4.69, 9.17) is 22.2 Å². The Balaban J connectivity index is 1.87. The number of ether oxygens (including phenoxy) is 1. The third-order valence-electron chi connectivity index (χ3n) is 5.78. The molecule has 0 amide bonds. The minimum absolute atomic E-state index is 0.175. The van der Waals surface area contributed by atoms with E-state index in [1.807, 2.05) is 13.0 Å². The molecule has 2 aromatic heterocycles. The first-order chi connectivity index (χ1) is 15.9. The van der Waals surface area contributed by atoms with E-state index >= 15 is 0 Å². The quantitative estimate of drug-likeness (QED) is 0.463. The number of allylic oxidation sites excluding steroid dienone is 5. The summed E-state index contributed by atoms with van der Waals surface area (Å²) in [6.07, 6.45) is 9.07. The lowest BCUT2D eigenvalue weighted by Gasteiger charge is -2.17. The highest BCUT2D eigenvalue weighted by Crippen LogP contribution is 2.26. The summed E-state index contributed by atoms with van der Waals surface area (Å²) in [5.41, 5.74) is 1.49. The monoisotopic (exact) mass is 474 g/mol. The molecular formula is C22H27ClN6O4. The number of aromatic nitrogens is 4. The van der Waals surface area contributed by atoms with Crippen LogP contribution in [0.2, 0.25) is 0 Å². The molecule has 1 aliphatic heterocycles. The number of hydrogen-bond acceptors (Lipinski definition) is 7. The number of halogens is 1. The second-order valence-electron chi connectivity index (χ2n) is 8.10. The molecule has 10 nitrogen and oxygen atoms in total. The van der Waals surface area contributed by atoms with Crippen LogP contribution in [0.4, 0.5) is 0 Å². The Kier molecular flexibility index (Phi) is 6.96. The van der Waals surface area contributed by atoms with Crippen molar-refractivity contribution in [3.05, 3.63) is 55.6 Å². The number of imidazole rings is 1. The maximum absolute atomic E-state index is 13.4. The van der Waals surface area contributed by atoms with Gasteiger partial charge in [0.05, 0.1) is 13.2 Å². The maximum Gasteiger partial charge on any atom is 0.332 e. The molecule has 0 bridgehead atoms. The van der Waals surface area contributed by atoms with Gasteiger partial charge in [0.2, 0.25) is 0 Å². The summed E-state index contributed by atoms with van der Waals surface area (Å²) in [5, 5.41) is 0.687. The Hall–Kier alpha value is -2.95. The van der Waals surface area contributed by atoms with Crippen molar-refractivity contribution in [3.63, 3.8) is 0 Å². The van der Waals surface area contributed by atoms with E-state index in [9.17, 15) is 9.59 Å². The number of nitrogens with zero attached hydrogens (tertiary/aromatic N) is 5. The van der Waals surface area contributed by atoms with Gasteiger partial charge >= 0.3 is 11.7 Å². The van der Waals surface area contributed by atoms with Crippen molar-refractivity contribution in [1.29, 1.82) is 0 Å². The summed E-state index contributed by atoms with van der Waals surface area (Å²) in [6, 6.07) is 0.258. The summed E-state index contributed by atoms with van der Waals surface area (Å²) in [7, 11) is 1.59. The molecule has 0 atom stereocenters. The van der Waals surface area contributed by atoms with Gasteiger partial charge in [0.15, 0.2) is 11.2 Å². The Morgan fingerprint density at radius 1 is 1.21 bits per heavy atom. The van der Waals surface area contributed by atoms with Gasteiger partial charge < -0.3 is 9.57 Å². The Labute approximate surface area is 195 Å². The fraction of sp³-hybridized carbons (Fsp3) is 0.455. The molecule has 0 aromatic carbocycles. The molecule has 1 aliphatic carbocycles. The average molecular weight is 475 g/mol. The van der Waals surface area contributed by atoms with Crippen LogP contribution in [0, 0.1) is 0 Å². The van der Waals surface area contributed by atoms with Crippen LogP contribution in [0.5, 0.6) is 6.01 Å². The number of aryl methyl sites for hydroxylation is 1. The van der Waals surface area contributed by atoms with Crippen molar-refractivity contribution in [2.75, 3.05) is 6.61 Å². The zero-order chi connectivity index (χ0) is 23.5. The molecule has 2 aliphatic rings. The van der Waals surface area contributed by atoms with E-state index in [0.717, 1.165) is 29.9 Å². The first kappa shape index (κ1) is 23.2. The maximum atomic E-state index is 13.4. The van der Waals surface area contributed by atoms with Crippen LogP contribution in [0.3, 0.4) is 0 Å². The molecule has 33 heavy (non-hydrogen) atoms.